The van der Waals surface area contributed by atoms with Gasteiger partial charge in [-0.3, -0.25) is 4.79 Å². The maximum absolute atomic E-state index is 11.8. The second-order valence-corrected chi connectivity index (χ2v) is 6.20. The highest BCUT2D eigenvalue weighted by atomic mass is 35.5. The zero-order valence-corrected chi connectivity index (χ0v) is 11.7. The summed E-state index contributed by atoms with van der Waals surface area (Å²) < 4.78 is 22.4. The van der Waals surface area contributed by atoms with Crippen molar-refractivity contribution >= 4 is 44.6 Å². The fourth-order valence-corrected chi connectivity index (χ4v) is 2.52. The van der Waals surface area contributed by atoms with Crippen molar-refractivity contribution in [2.75, 3.05) is 5.32 Å². The number of primary sulfonamides is 1. The number of hydrogen-bond acceptors (Lipinski definition) is 5. The Kier molecular flexibility index (Phi) is 3.85. The molecule has 2 aromatic rings. The summed E-state index contributed by atoms with van der Waals surface area (Å²) in [6, 6.07) is 3.80. The number of nitrogens with one attached hydrogen (secondary N) is 1. The molecule has 1 amide bonds. The summed E-state index contributed by atoms with van der Waals surface area (Å²) in [5.41, 5.74) is 1.89. The van der Waals surface area contributed by atoms with Crippen LogP contribution in [-0.4, -0.2) is 19.3 Å². The van der Waals surface area contributed by atoms with Crippen LogP contribution in [-0.2, 0) is 10.0 Å². The molecule has 0 fully saturated rings. The quantitative estimate of drug-likeness (QED) is 0.899. The predicted octanol–water partition coefficient (Wildman–Crippen LogP) is 1.70. The number of carbonyl (C=O) groups is 1. The largest absolute Gasteiger partial charge is 0.319 e. The van der Waals surface area contributed by atoms with E-state index in [4.69, 9.17) is 16.7 Å². The molecule has 1 aromatic carbocycles. The molecule has 2 rings (SSSR count). The van der Waals surface area contributed by atoms with Crippen molar-refractivity contribution in [2.45, 2.75) is 4.90 Å². The van der Waals surface area contributed by atoms with Gasteiger partial charge in [0.25, 0.3) is 5.91 Å². The van der Waals surface area contributed by atoms with Gasteiger partial charge in [-0.2, -0.15) is 0 Å². The van der Waals surface area contributed by atoms with Crippen LogP contribution in [0.1, 0.15) is 10.5 Å². The van der Waals surface area contributed by atoms with Crippen LogP contribution in [0.4, 0.5) is 5.69 Å². The minimum atomic E-state index is -3.86. The van der Waals surface area contributed by atoms with Gasteiger partial charge in [0.2, 0.25) is 10.0 Å². The van der Waals surface area contributed by atoms with Crippen LogP contribution in [0.2, 0.25) is 5.02 Å². The van der Waals surface area contributed by atoms with Gasteiger partial charge in [0.15, 0.2) is 0 Å². The van der Waals surface area contributed by atoms with Crippen LogP contribution in [0.3, 0.4) is 0 Å². The van der Waals surface area contributed by atoms with Gasteiger partial charge in [0.1, 0.15) is 5.69 Å². The molecule has 100 valence electrons. The van der Waals surface area contributed by atoms with Gasteiger partial charge >= 0.3 is 0 Å². The predicted molar refractivity (Wildman–Crippen MR) is 72.9 cm³/mol. The Morgan fingerprint density at radius 1 is 1.42 bits per heavy atom. The SMILES string of the molecule is NS(=O)(=O)c1ccc(Cl)c(NC(=O)c2cscn2)c1. The minimum Gasteiger partial charge on any atom is -0.319 e. The number of halogens is 1. The van der Waals surface area contributed by atoms with Crippen molar-refractivity contribution in [1.82, 2.24) is 4.98 Å². The lowest BCUT2D eigenvalue weighted by atomic mass is 10.3. The zero-order valence-electron chi connectivity index (χ0n) is 9.33. The van der Waals surface area contributed by atoms with E-state index in [1.54, 1.807) is 5.38 Å². The van der Waals surface area contributed by atoms with E-state index in [2.05, 4.69) is 10.3 Å². The molecule has 0 saturated carbocycles. The first-order valence-corrected chi connectivity index (χ1v) is 7.76. The van der Waals surface area contributed by atoms with Gasteiger partial charge in [0.05, 0.1) is 21.1 Å². The molecule has 0 spiro atoms. The second kappa shape index (κ2) is 5.25. The molecule has 0 radical (unpaired) electrons. The molecule has 0 aliphatic rings. The number of sulfonamides is 1. The number of anilines is 1. The van der Waals surface area contributed by atoms with Crippen LogP contribution in [0.5, 0.6) is 0 Å². The van der Waals surface area contributed by atoms with Crippen molar-refractivity contribution in [3.63, 3.8) is 0 Å². The highest BCUT2D eigenvalue weighted by Gasteiger charge is 2.14. The molecule has 0 aliphatic carbocycles. The Balaban J connectivity index is 2.32. The highest BCUT2D eigenvalue weighted by Crippen LogP contribution is 2.25. The van der Waals surface area contributed by atoms with E-state index in [9.17, 15) is 13.2 Å². The van der Waals surface area contributed by atoms with E-state index in [-0.39, 0.29) is 21.3 Å². The average Bonchev–Trinajstić information content (AvgIpc) is 2.84. The summed E-state index contributed by atoms with van der Waals surface area (Å²) in [6.07, 6.45) is 0. The van der Waals surface area contributed by atoms with Gasteiger partial charge in [-0.25, -0.2) is 18.5 Å². The monoisotopic (exact) mass is 317 g/mol. The minimum absolute atomic E-state index is 0.134. The Hall–Kier alpha value is -1.48. The molecular formula is C10H8ClN3O3S2. The van der Waals surface area contributed by atoms with Crippen LogP contribution >= 0.6 is 22.9 Å². The third kappa shape index (κ3) is 3.29. The van der Waals surface area contributed by atoms with E-state index in [0.29, 0.717) is 0 Å². The maximum atomic E-state index is 11.8. The number of rotatable bonds is 3. The molecule has 9 heteroatoms. The molecule has 19 heavy (non-hydrogen) atoms. The fraction of sp³-hybridized carbons (Fsp3) is 0. The van der Waals surface area contributed by atoms with Gasteiger partial charge in [-0.1, -0.05) is 11.6 Å². The molecule has 1 heterocycles. The zero-order chi connectivity index (χ0) is 14.0. The number of benzene rings is 1. The van der Waals surface area contributed by atoms with Gasteiger partial charge in [0, 0.05) is 5.38 Å². The van der Waals surface area contributed by atoms with Crippen LogP contribution in [0, 0.1) is 0 Å². The smallest absolute Gasteiger partial charge is 0.275 e. The number of amides is 1. The van der Waals surface area contributed by atoms with Crippen molar-refractivity contribution in [3.05, 3.63) is 39.8 Å². The first kappa shape index (κ1) is 13.9. The summed E-state index contributed by atoms with van der Waals surface area (Å²) in [5, 5.41) is 9.25. The summed E-state index contributed by atoms with van der Waals surface area (Å²) >= 11 is 7.15. The molecule has 6 nitrogen and oxygen atoms in total. The third-order valence-electron chi connectivity index (χ3n) is 2.18. The molecule has 0 aliphatic heterocycles. The Morgan fingerprint density at radius 2 is 2.16 bits per heavy atom. The Labute approximate surface area is 118 Å². The summed E-state index contributed by atoms with van der Waals surface area (Å²) in [5.74, 6) is -0.477. The van der Waals surface area contributed by atoms with Crippen molar-refractivity contribution in [3.8, 4) is 0 Å². The van der Waals surface area contributed by atoms with Gasteiger partial charge in [-0.05, 0) is 18.2 Å². The van der Waals surface area contributed by atoms with Crippen molar-refractivity contribution < 1.29 is 13.2 Å². The standard InChI is InChI=1S/C10H8ClN3O3S2/c11-7-2-1-6(19(12,16)17)3-8(7)14-10(15)9-4-18-5-13-9/h1-5H,(H,14,15)(H2,12,16,17). The molecule has 0 unspecified atom stereocenters. The number of carbonyl (C=O) groups excluding carboxylic acids is 1. The van der Waals surface area contributed by atoms with Crippen LogP contribution in [0.25, 0.3) is 0 Å². The second-order valence-electron chi connectivity index (χ2n) is 3.51. The number of thiazole rings is 1. The van der Waals surface area contributed by atoms with E-state index in [0.717, 1.165) is 0 Å². The molecule has 0 bridgehead atoms. The van der Waals surface area contributed by atoms with Crippen LogP contribution < -0.4 is 10.5 Å². The normalized spacial score (nSPS) is 11.3. The number of nitrogens with zero attached hydrogens (tertiary/aromatic N) is 1. The van der Waals surface area contributed by atoms with Gasteiger partial charge in [-0.15, -0.1) is 11.3 Å². The molecule has 3 N–H and O–H groups in total. The topological polar surface area (TPSA) is 102 Å². The summed E-state index contributed by atoms with van der Waals surface area (Å²) in [4.78, 5) is 15.5. The molecule has 0 atom stereocenters. The van der Waals surface area contributed by atoms with E-state index in [1.165, 1.54) is 35.0 Å². The van der Waals surface area contributed by atoms with Crippen molar-refractivity contribution in [2.24, 2.45) is 5.14 Å². The van der Waals surface area contributed by atoms with E-state index in [1.807, 2.05) is 0 Å². The lowest BCUT2D eigenvalue weighted by molar-refractivity contribution is 0.102. The fourth-order valence-electron chi connectivity index (χ4n) is 1.29. The Bertz CT molecular complexity index is 714. The van der Waals surface area contributed by atoms with E-state index < -0.39 is 15.9 Å². The number of nitrogens with two attached hydrogens (primary N) is 1. The Morgan fingerprint density at radius 3 is 2.74 bits per heavy atom. The number of hydrogen-bond donors (Lipinski definition) is 2. The van der Waals surface area contributed by atoms with Crippen molar-refractivity contribution in [1.29, 1.82) is 0 Å². The first-order chi connectivity index (χ1) is 8.88. The summed E-state index contributed by atoms with van der Waals surface area (Å²) in [6.45, 7) is 0. The average molecular weight is 318 g/mol. The van der Waals surface area contributed by atoms with E-state index >= 15 is 0 Å². The maximum Gasteiger partial charge on any atom is 0.275 e. The van der Waals surface area contributed by atoms with Crippen LogP contribution in [0.15, 0.2) is 34.0 Å². The molecule has 1 aromatic heterocycles. The van der Waals surface area contributed by atoms with Gasteiger partial charge < -0.3 is 5.32 Å². The third-order valence-corrected chi connectivity index (χ3v) is 4.01. The molecule has 0 saturated heterocycles. The first-order valence-electron chi connectivity index (χ1n) is 4.90. The lowest BCUT2D eigenvalue weighted by Gasteiger charge is -2.07. The lowest BCUT2D eigenvalue weighted by Crippen LogP contribution is -2.15. The summed E-state index contributed by atoms with van der Waals surface area (Å²) in [7, 11) is -3.86. The highest BCUT2D eigenvalue weighted by molar-refractivity contribution is 7.89. The number of aromatic nitrogens is 1. The molecular weight excluding hydrogens is 310 g/mol.